The van der Waals surface area contributed by atoms with Crippen LogP contribution in [0.15, 0.2) is 35.7 Å². The quantitative estimate of drug-likeness (QED) is 0.734. The predicted molar refractivity (Wildman–Crippen MR) is 78.9 cm³/mol. The van der Waals surface area contributed by atoms with Crippen LogP contribution in [-0.4, -0.2) is 17.1 Å². The van der Waals surface area contributed by atoms with E-state index in [1.807, 2.05) is 6.07 Å². The molecule has 4 N–H and O–H groups in total. The van der Waals surface area contributed by atoms with Crippen molar-refractivity contribution < 1.29 is 9.90 Å². The third-order valence-corrected chi connectivity index (χ3v) is 3.68. The Labute approximate surface area is 115 Å². The normalized spacial score (nSPS) is 12.1. The van der Waals surface area contributed by atoms with E-state index in [1.54, 1.807) is 23.5 Å². The molecule has 0 spiro atoms. The molecule has 0 saturated carbocycles. The Morgan fingerprint density at radius 3 is 2.84 bits per heavy atom. The number of hydrogen-bond acceptors (Lipinski definition) is 4. The van der Waals surface area contributed by atoms with Crippen LogP contribution in [0.5, 0.6) is 0 Å². The summed E-state index contributed by atoms with van der Waals surface area (Å²) in [6, 6.07) is 9.32. The zero-order valence-corrected chi connectivity index (χ0v) is 11.4. The van der Waals surface area contributed by atoms with Crippen LogP contribution in [0.3, 0.4) is 0 Å². The lowest BCUT2D eigenvalue weighted by Crippen LogP contribution is -2.17. The second-order valence-corrected chi connectivity index (χ2v) is 5.47. The highest BCUT2D eigenvalue weighted by molar-refractivity contribution is 7.09. The molecule has 5 heteroatoms. The van der Waals surface area contributed by atoms with Gasteiger partial charge in [0.1, 0.15) is 0 Å². The molecule has 0 aliphatic carbocycles. The lowest BCUT2D eigenvalue weighted by molar-refractivity contribution is 0.0698. The molecule has 0 saturated heterocycles. The smallest absolute Gasteiger partial charge is 0.337 e. The van der Waals surface area contributed by atoms with Crippen molar-refractivity contribution in [3.05, 3.63) is 46.2 Å². The number of hydrogen-bond donors (Lipinski definition) is 3. The van der Waals surface area contributed by atoms with Crippen molar-refractivity contribution in [2.45, 2.75) is 19.4 Å². The van der Waals surface area contributed by atoms with Crippen LogP contribution in [0.1, 0.15) is 22.2 Å². The first-order valence-electron chi connectivity index (χ1n) is 5.98. The molecule has 0 aliphatic rings. The van der Waals surface area contributed by atoms with E-state index in [-0.39, 0.29) is 17.3 Å². The second kappa shape index (κ2) is 5.75. The number of nitrogens with two attached hydrogens (primary N) is 1. The van der Waals surface area contributed by atoms with Crippen molar-refractivity contribution in [1.29, 1.82) is 0 Å². The minimum absolute atomic E-state index is 0.136. The summed E-state index contributed by atoms with van der Waals surface area (Å²) in [5.41, 5.74) is 6.97. The Morgan fingerprint density at radius 1 is 1.47 bits per heavy atom. The molecule has 100 valence electrons. The molecule has 1 atom stereocenters. The number of anilines is 2. The van der Waals surface area contributed by atoms with Crippen molar-refractivity contribution in [2.24, 2.45) is 0 Å². The van der Waals surface area contributed by atoms with Crippen molar-refractivity contribution in [1.82, 2.24) is 0 Å². The van der Waals surface area contributed by atoms with E-state index in [2.05, 4.69) is 23.7 Å². The Kier molecular flexibility index (Phi) is 4.06. The third-order valence-electron chi connectivity index (χ3n) is 2.78. The lowest BCUT2D eigenvalue weighted by Gasteiger charge is -2.15. The van der Waals surface area contributed by atoms with Gasteiger partial charge in [-0.05, 0) is 36.6 Å². The van der Waals surface area contributed by atoms with E-state index in [1.165, 1.54) is 10.9 Å². The summed E-state index contributed by atoms with van der Waals surface area (Å²) in [7, 11) is 0. The van der Waals surface area contributed by atoms with Crippen LogP contribution in [0.2, 0.25) is 0 Å². The van der Waals surface area contributed by atoms with Crippen molar-refractivity contribution >= 4 is 28.7 Å². The Hall–Kier alpha value is -2.01. The number of rotatable bonds is 5. The number of thiophene rings is 1. The van der Waals surface area contributed by atoms with Gasteiger partial charge < -0.3 is 16.2 Å². The number of aromatic carboxylic acids is 1. The minimum atomic E-state index is -1.00. The zero-order chi connectivity index (χ0) is 13.8. The highest BCUT2D eigenvalue weighted by Crippen LogP contribution is 2.20. The van der Waals surface area contributed by atoms with Gasteiger partial charge in [-0.2, -0.15) is 0 Å². The highest BCUT2D eigenvalue weighted by Gasteiger charge is 2.09. The molecule has 1 aromatic heterocycles. The molecule has 2 rings (SSSR count). The van der Waals surface area contributed by atoms with E-state index in [4.69, 9.17) is 10.8 Å². The summed E-state index contributed by atoms with van der Waals surface area (Å²) in [4.78, 5) is 12.2. The number of benzene rings is 1. The molecule has 0 amide bonds. The molecule has 0 bridgehead atoms. The number of carboxylic acid groups (broad SMARTS) is 1. The molecule has 1 aromatic carbocycles. The predicted octanol–water partition coefficient (Wildman–Crippen LogP) is 3.07. The van der Waals surface area contributed by atoms with Crippen LogP contribution in [0.25, 0.3) is 0 Å². The second-order valence-electron chi connectivity index (χ2n) is 4.44. The Bertz CT molecular complexity index is 567. The third kappa shape index (κ3) is 3.48. The lowest BCUT2D eigenvalue weighted by atomic mass is 10.1. The first kappa shape index (κ1) is 13.4. The summed E-state index contributed by atoms with van der Waals surface area (Å²) in [5.74, 6) is -1.00. The molecule has 0 aliphatic heterocycles. The maximum atomic E-state index is 10.9. The van der Waals surface area contributed by atoms with Crippen LogP contribution in [0.4, 0.5) is 11.4 Å². The molecule has 4 nitrogen and oxygen atoms in total. The fourth-order valence-corrected chi connectivity index (χ4v) is 2.75. The van der Waals surface area contributed by atoms with Gasteiger partial charge in [-0.3, -0.25) is 0 Å². The van der Waals surface area contributed by atoms with Crippen LogP contribution in [-0.2, 0) is 6.42 Å². The van der Waals surface area contributed by atoms with Crippen molar-refractivity contribution in [2.75, 3.05) is 11.1 Å². The van der Waals surface area contributed by atoms with Gasteiger partial charge in [0.25, 0.3) is 0 Å². The maximum absolute atomic E-state index is 10.9. The maximum Gasteiger partial charge on any atom is 0.337 e. The first-order valence-corrected chi connectivity index (χ1v) is 6.86. The van der Waals surface area contributed by atoms with Crippen LogP contribution >= 0.6 is 11.3 Å². The zero-order valence-electron chi connectivity index (χ0n) is 10.6. The van der Waals surface area contributed by atoms with Gasteiger partial charge in [0.2, 0.25) is 0 Å². The summed E-state index contributed by atoms with van der Waals surface area (Å²) in [6.45, 7) is 2.08. The van der Waals surface area contributed by atoms with Crippen LogP contribution < -0.4 is 11.1 Å². The number of nitrogen functional groups attached to an aromatic ring is 1. The van der Waals surface area contributed by atoms with Gasteiger partial charge in [-0.1, -0.05) is 6.07 Å². The minimum Gasteiger partial charge on any atom is -0.478 e. The Morgan fingerprint density at radius 2 is 2.26 bits per heavy atom. The van der Waals surface area contributed by atoms with E-state index in [0.29, 0.717) is 0 Å². The number of nitrogens with one attached hydrogen (secondary N) is 1. The van der Waals surface area contributed by atoms with Gasteiger partial charge >= 0.3 is 5.97 Å². The highest BCUT2D eigenvalue weighted by atomic mass is 32.1. The topological polar surface area (TPSA) is 75.3 Å². The van der Waals surface area contributed by atoms with E-state index >= 15 is 0 Å². The summed E-state index contributed by atoms with van der Waals surface area (Å²) >= 11 is 1.73. The van der Waals surface area contributed by atoms with E-state index < -0.39 is 5.97 Å². The average molecular weight is 276 g/mol. The van der Waals surface area contributed by atoms with Gasteiger partial charge in [0.05, 0.1) is 5.56 Å². The molecule has 1 heterocycles. The standard InChI is InChI=1S/C14H16N2O2S/c1-9(7-11-3-2-6-19-11)16-10-4-5-12(14(17)18)13(15)8-10/h2-6,8-9,16H,7,15H2,1H3,(H,17,18). The van der Waals surface area contributed by atoms with E-state index in [9.17, 15) is 4.79 Å². The Balaban J connectivity index is 2.03. The molecule has 0 fully saturated rings. The molecular weight excluding hydrogens is 260 g/mol. The molecule has 19 heavy (non-hydrogen) atoms. The number of carbonyl (C=O) groups is 1. The van der Waals surface area contributed by atoms with Gasteiger partial charge in [0, 0.05) is 28.7 Å². The van der Waals surface area contributed by atoms with E-state index in [0.717, 1.165) is 12.1 Å². The van der Waals surface area contributed by atoms with Gasteiger partial charge in [0.15, 0.2) is 0 Å². The van der Waals surface area contributed by atoms with Crippen molar-refractivity contribution in [3.63, 3.8) is 0 Å². The monoisotopic (exact) mass is 276 g/mol. The van der Waals surface area contributed by atoms with Crippen LogP contribution in [0, 0.1) is 0 Å². The summed E-state index contributed by atoms with van der Waals surface area (Å²) in [6.07, 6.45) is 0.929. The molecule has 2 aromatic rings. The fourth-order valence-electron chi connectivity index (χ4n) is 1.91. The molecule has 1 unspecified atom stereocenters. The summed E-state index contributed by atoms with van der Waals surface area (Å²) in [5, 5.41) is 14.3. The van der Waals surface area contributed by atoms with Gasteiger partial charge in [-0.25, -0.2) is 4.79 Å². The first-order chi connectivity index (χ1) is 9.06. The number of carboxylic acids is 1. The fraction of sp³-hybridized carbons (Fsp3) is 0.214. The molecule has 0 radical (unpaired) electrons. The molecular formula is C14H16N2O2S. The average Bonchev–Trinajstić information content (AvgIpc) is 2.81. The van der Waals surface area contributed by atoms with Gasteiger partial charge in [-0.15, -0.1) is 11.3 Å². The SMILES string of the molecule is CC(Cc1cccs1)Nc1ccc(C(=O)O)c(N)c1. The largest absolute Gasteiger partial charge is 0.478 e. The van der Waals surface area contributed by atoms with Crippen molar-refractivity contribution in [3.8, 4) is 0 Å². The summed E-state index contributed by atoms with van der Waals surface area (Å²) < 4.78 is 0.